The van der Waals surface area contributed by atoms with Crippen LogP contribution in [0.25, 0.3) is 0 Å². The maximum atomic E-state index is 12.9. The number of rotatable bonds is 6. The van der Waals surface area contributed by atoms with Gasteiger partial charge in [-0.15, -0.1) is 0 Å². The molecule has 0 aromatic heterocycles. The highest BCUT2D eigenvalue weighted by Gasteiger charge is 2.26. The molecule has 1 aliphatic carbocycles. The molecule has 0 saturated heterocycles. The largest absolute Gasteiger partial charge is 0.348 e. The molecule has 3 heteroatoms. The SMILES string of the molecule is Cc1cc(C)c(C[C@H](N)C(=O)NC2CCc3ccc(Cc4ccccc4)cc32)c(C)c1. The van der Waals surface area contributed by atoms with E-state index in [4.69, 9.17) is 5.73 Å². The molecule has 160 valence electrons. The lowest BCUT2D eigenvalue weighted by Gasteiger charge is -2.20. The lowest BCUT2D eigenvalue weighted by atomic mass is 9.94. The molecule has 2 atom stereocenters. The number of nitrogens with two attached hydrogens (primary N) is 1. The maximum absolute atomic E-state index is 12.9. The van der Waals surface area contributed by atoms with Gasteiger partial charge in [-0.1, -0.05) is 66.2 Å². The quantitative estimate of drug-likeness (QED) is 0.606. The Morgan fingerprint density at radius 1 is 1.00 bits per heavy atom. The van der Waals surface area contributed by atoms with Crippen LogP contribution in [0.1, 0.15) is 57.0 Å². The third-order valence-corrected chi connectivity index (χ3v) is 6.46. The van der Waals surface area contributed by atoms with Crippen LogP contribution in [0.5, 0.6) is 0 Å². The molecule has 0 saturated carbocycles. The van der Waals surface area contributed by atoms with Crippen LogP contribution in [0.4, 0.5) is 0 Å². The van der Waals surface area contributed by atoms with E-state index in [0.717, 1.165) is 19.3 Å². The minimum Gasteiger partial charge on any atom is -0.348 e. The summed E-state index contributed by atoms with van der Waals surface area (Å²) in [5.74, 6) is -0.0642. The van der Waals surface area contributed by atoms with Gasteiger partial charge >= 0.3 is 0 Å². The van der Waals surface area contributed by atoms with Gasteiger partial charge in [0.15, 0.2) is 0 Å². The van der Waals surface area contributed by atoms with Crippen molar-refractivity contribution in [1.29, 1.82) is 0 Å². The van der Waals surface area contributed by atoms with Crippen molar-refractivity contribution in [2.75, 3.05) is 0 Å². The van der Waals surface area contributed by atoms with E-state index in [2.05, 4.69) is 80.7 Å². The van der Waals surface area contributed by atoms with Crippen LogP contribution in [-0.4, -0.2) is 11.9 Å². The zero-order valence-electron chi connectivity index (χ0n) is 18.7. The number of nitrogens with one attached hydrogen (secondary N) is 1. The van der Waals surface area contributed by atoms with Gasteiger partial charge < -0.3 is 11.1 Å². The average Bonchev–Trinajstić information content (AvgIpc) is 3.13. The van der Waals surface area contributed by atoms with Gasteiger partial charge in [-0.3, -0.25) is 4.79 Å². The zero-order chi connectivity index (χ0) is 22.0. The molecule has 31 heavy (non-hydrogen) atoms. The lowest BCUT2D eigenvalue weighted by molar-refractivity contribution is -0.123. The molecule has 0 aliphatic heterocycles. The molecule has 4 rings (SSSR count). The number of fused-ring (bicyclic) bond motifs is 1. The van der Waals surface area contributed by atoms with Gasteiger partial charge in [0, 0.05) is 0 Å². The Morgan fingerprint density at radius 3 is 2.42 bits per heavy atom. The number of carbonyl (C=O) groups excluding carboxylic acids is 1. The van der Waals surface area contributed by atoms with Gasteiger partial charge in [-0.05, 0) is 85.4 Å². The van der Waals surface area contributed by atoms with E-state index in [1.54, 1.807) is 0 Å². The number of aryl methyl sites for hydroxylation is 4. The number of hydrogen-bond acceptors (Lipinski definition) is 2. The molecule has 1 amide bonds. The van der Waals surface area contributed by atoms with Crippen molar-refractivity contribution in [1.82, 2.24) is 5.32 Å². The summed E-state index contributed by atoms with van der Waals surface area (Å²) in [7, 11) is 0. The van der Waals surface area contributed by atoms with Crippen molar-refractivity contribution >= 4 is 5.91 Å². The fraction of sp³-hybridized carbons (Fsp3) is 0.321. The molecular weight excluding hydrogens is 380 g/mol. The van der Waals surface area contributed by atoms with Crippen LogP contribution in [-0.2, 0) is 24.1 Å². The Hall–Kier alpha value is -2.91. The van der Waals surface area contributed by atoms with Gasteiger partial charge in [0.25, 0.3) is 0 Å². The summed E-state index contributed by atoms with van der Waals surface area (Å²) in [6.07, 6.45) is 3.40. The highest BCUT2D eigenvalue weighted by Crippen LogP contribution is 2.32. The van der Waals surface area contributed by atoms with Crippen molar-refractivity contribution in [2.24, 2.45) is 5.73 Å². The van der Waals surface area contributed by atoms with Crippen LogP contribution in [0.15, 0.2) is 60.7 Å². The molecule has 3 aromatic rings. The Morgan fingerprint density at radius 2 is 1.71 bits per heavy atom. The first-order valence-corrected chi connectivity index (χ1v) is 11.2. The van der Waals surface area contributed by atoms with E-state index in [0.29, 0.717) is 6.42 Å². The fourth-order valence-corrected chi connectivity index (χ4v) is 4.87. The number of benzene rings is 3. The van der Waals surface area contributed by atoms with Crippen molar-refractivity contribution in [3.63, 3.8) is 0 Å². The number of carbonyl (C=O) groups is 1. The Balaban J connectivity index is 1.45. The molecule has 3 nitrogen and oxygen atoms in total. The second-order valence-corrected chi connectivity index (χ2v) is 8.98. The molecule has 0 bridgehead atoms. The van der Waals surface area contributed by atoms with Crippen LogP contribution >= 0.6 is 0 Å². The molecule has 0 spiro atoms. The molecule has 0 radical (unpaired) electrons. The van der Waals surface area contributed by atoms with Crippen molar-refractivity contribution in [2.45, 2.75) is 58.5 Å². The third-order valence-electron chi connectivity index (χ3n) is 6.46. The molecule has 0 heterocycles. The highest BCUT2D eigenvalue weighted by molar-refractivity contribution is 5.82. The normalized spacial score (nSPS) is 16.1. The molecular formula is C28H32N2O. The van der Waals surface area contributed by atoms with E-state index >= 15 is 0 Å². The van der Waals surface area contributed by atoms with E-state index in [9.17, 15) is 4.79 Å². The van der Waals surface area contributed by atoms with Crippen LogP contribution < -0.4 is 11.1 Å². The first-order chi connectivity index (χ1) is 14.9. The second-order valence-electron chi connectivity index (χ2n) is 8.98. The van der Waals surface area contributed by atoms with Gasteiger partial charge in [0.05, 0.1) is 12.1 Å². The standard InChI is InChI=1S/C28H32N2O/c1-18-13-19(2)24(20(3)14-18)17-26(29)28(31)30-27-12-11-23-10-9-22(16-25(23)27)15-21-7-5-4-6-8-21/h4-10,13-14,16,26-27H,11-12,15,17,29H2,1-3H3,(H,30,31)/t26-,27?/m0/s1. The second kappa shape index (κ2) is 9.07. The number of amides is 1. The fourth-order valence-electron chi connectivity index (χ4n) is 4.87. The first kappa shape index (κ1) is 21.3. The minimum atomic E-state index is -0.545. The van der Waals surface area contributed by atoms with Gasteiger partial charge in [-0.25, -0.2) is 0 Å². The van der Waals surface area contributed by atoms with Crippen molar-refractivity contribution in [3.05, 3.63) is 105 Å². The monoisotopic (exact) mass is 412 g/mol. The topological polar surface area (TPSA) is 55.1 Å². The molecule has 3 aromatic carbocycles. The zero-order valence-corrected chi connectivity index (χ0v) is 18.7. The van der Waals surface area contributed by atoms with Gasteiger partial charge in [0.1, 0.15) is 0 Å². The van der Waals surface area contributed by atoms with E-state index < -0.39 is 6.04 Å². The van der Waals surface area contributed by atoms with Gasteiger partial charge in [0.2, 0.25) is 5.91 Å². The van der Waals surface area contributed by atoms with E-state index in [1.807, 2.05) is 6.07 Å². The highest BCUT2D eigenvalue weighted by atomic mass is 16.2. The predicted molar refractivity (Wildman–Crippen MR) is 127 cm³/mol. The summed E-state index contributed by atoms with van der Waals surface area (Å²) >= 11 is 0. The molecule has 1 aliphatic rings. The lowest BCUT2D eigenvalue weighted by Crippen LogP contribution is -2.43. The van der Waals surface area contributed by atoms with Crippen LogP contribution in [0.2, 0.25) is 0 Å². The van der Waals surface area contributed by atoms with E-state index in [-0.39, 0.29) is 11.9 Å². The Labute approximate surface area is 185 Å². The van der Waals surface area contributed by atoms with Crippen molar-refractivity contribution < 1.29 is 4.79 Å². The van der Waals surface area contributed by atoms with Crippen molar-refractivity contribution in [3.8, 4) is 0 Å². The van der Waals surface area contributed by atoms with E-state index in [1.165, 1.54) is 44.5 Å². The number of hydrogen-bond donors (Lipinski definition) is 2. The summed E-state index contributed by atoms with van der Waals surface area (Å²) in [6, 6.07) is 21.0. The van der Waals surface area contributed by atoms with Gasteiger partial charge in [-0.2, -0.15) is 0 Å². The summed E-state index contributed by atoms with van der Waals surface area (Å²) in [4.78, 5) is 12.9. The van der Waals surface area contributed by atoms with Crippen LogP contribution in [0, 0.1) is 20.8 Å². The Kier molecular flexibility index (Phi) is 6.24. The molecule has 1 unspecified atom stereocenters. The Bertz CT molecular complexity index is 1060. The summed E-state index contributed by atoms with van der Waals surface area (Å²) in [6.45, 7) is 6.29. The smallest absolute Gasteiger partial charge is 0.237 e. The molecule has 0 fully saturated rings. The predicted octanol–water partition coefficient (Wildman–Crippen LogP) is 4.88. The van der Waals surface area contributed by atoms with Crippen LogP contribution in [0.3, 0.4) is 0 Å². The average molecular weight is 413 g/mol. The molecule has 3 N–H and O–H groups in total. The third kappa shape index (κ3) is 4.88. The minimum absolute atomic E-state index is 0.0458. The first-order valence-electron chi connectivity index (χ1n) is 11.2. The maximum Gasteiger partial charge on any atom is 0.237 e. The summed E-state index contributed by atoms with van der Waals surface area (Å²) in [5, 5.41) is 3.23. The summed E-state index contributed by atoms with van der Waals surface area (Å²) in [5.41, 5.74) is 16.3. The summed E-state index contributed by atoms with van der Waals surface area (Å²) < 4.78 is 0.